The van der Waals surface area contributed by atoms with Gasteiger partial charge in [-0.25, -0.2) is 0 Å². The minimum absolute atomic E-state index is 0.241. The lowest BCUT2D eigenvalue weighted by Crippen LogP contribution is -2.39. The molecule has 0 aromatic heterocycles. The van der Waals surface area contributed by atoms with E-state index in [1.165, 1.54) is 0 Å². The van der Waals surface area contributed by atoms with E-state index in [4.69, 9.17) is 21.7 Å². The molecule has 5 nitrogen and oxygen atoms in total. The van der Waals surface area contributed by atoms with Crippen LogP contribution in [0.1, 0.15) is 16.8 Å². The van der Waals surface area contributed by atoms with Crippen LogP contribution in [0.5, 0.6) is 5.75 Å². The zero-order valence-corrected chi connectivity index (χ0v) is 14.3. The normalized spacial score (nSPS) is 9.95. The van der Waals surface area contributed by atoms with Gasteiger partial charge >= 0.3 is 0 Å². The lowest BCUT2D eigenvalue weighted by Gasteiger charge is -2.10. The fourth-order valence-electron chi connectivity index (χ4n) is 1.45. The molecule has 7 heteroatoms. The standard InChI is InChI=1S/C13H17IN2O3S/c1-18-7-3-6-15-13(20)16-12(17)9-4-5-11(19-2)10(14)8-9/h4-5,8H,3,6-7H2,1-2H3,(H2,15,16,17,20). The lowest BCUT2D eigenvalue weighted by atomic mass is 10.2. The van der Waals surface area contributed by atoms with E-state index in [-0.39, 0.29) is 5.91 Å². The van der Waals surface area contributed by atoms with Crippen LogP contribution in [0.15, 0.2) is 18.2 Å². The largest absolute Gasteiger partial charge is 0.496 e. The molecule has 0 radical (unpaired) electrons. The van der Waals surface area contributed by atoms with Gasteiger partial charge in [-0.15, -0.1) is 0 Å². The lowest BCUT2D eigenvalue weighted by molar-refractivity contribution is 0.0976. The summed E-state index contributed by atoms with van der Waals surface area (Å²) in [6.45, 7) is 1.31. The first-order chi connectivity index (χ1) is 9.58. The molecule has 0 fully saturated rings. The van der Waals surface area contributed by atoms with Crippen molar-refractivity contribution >= 4 is 45.8 Å². The second kappa shape index (κ2) is 9.09. The second-order valence-electron chi connectivity index (χ2n) is 3.91. The summed E-state index contributed by atoms with van der Waals surface area (Å²) in [5.41, 5.74) is 0.538. The van der Waals surface area contributed by atoms with Crippen molar-refractivity contribution in [2.75, 3.05) is 27.4 Å². The molecule has 2 N–H and O–H groups in total. The number of benzene rings is 1. The summed E-state index contributed by atoms with van der Waals surface area (Å²) in [5, 5.41) is 5.90. The van der Waals surface area contributed by atoms with Crippen LogP contribution in [0.3, 0.4) is 0 Å². The first-order valence-corrected chi connectivity index (χ1v) is 7.49. The zero-order valence-electron chi connectivity index (χ0n) is 11.4. The number of carbonyl (C=O) groups excluding carboxylic acids is 1. The number of hydrogen-bond donors (Lipinski definition) is 2. The highest BCUT2D eigenvalue weighted by Crippen LogP contribution is 2.21. The molecule has 0 aliphatic rings. The number of methoxy groups -OCH3 is 2. The monoisotopic (exact) mass is 408 g/mol. The van der Waals surface area contributed by atoms with Crippen LogP contribution in [-0.2, 0) is 4.74 Å². The van der Waals surface area contributed by atoms with Crippen LogP contribution in [0, 0.1) is 3.57 Å². The van der Waals surface area contributed by atoms with E-state index in [1.807, 2.05) is 0 Å². The molecule has 1 amide bonds. The van der Waals surface area contributed by atoms with Crippen molar-refractivity contribution in [3.63, 3.8) is 0 Å². The van der Waals surface area contributed by atoms with E-state index in [9.17, 15) is 4.79 Å². The highest BCUT2D eigenvalue weighted by Gasteiger charge is 2.10. The molecular weight excluding hydrogens is 391 g/mol. The van der Waals surface area contributed by atoms with E-state index in [0.29, 0.717) is 23.8 Å². The van der Waals surface area contributed by atoms with E-state index in [2.05, 4.69) is 33.2 Å². The molecule has 0 heterocycles. The summed E-state index contributed by atoms with van der Waals surface area (Å²) < 4.78 is 10.9. The highest BCUT2D eigenvalue weighted by molar-refractivity contribution is 14.1. The number of ether oxygens (including phenoxy) is 2. The Hall–Kier alpha value is -0.930. The molecule has 0 spiro atoms. The van der Waals surface area contributed by atoms with E-state index in [0.717, 1.165) is 15.7 Å². The third-order valence-corrected chi connectivity index (χ3v) is 3.54. The first kappa shape index (κ1) is 17.1. The van der Waals surface area contributed by atoms with Crippen LogP contribution in [0.25, 0.3) is 0 Å². The minimum Gasteiger partial charge on any atom is -0.496 e. The van der Waals surface area contributed by atoms with Crippen molar-refractivity contribution in [3.8, 4) is 5.75 Å². The SMILES string of the molecule is COCCCNC(=S)NC(=O)c1ccc(OC)c(I)c1. The highest BCUT2D eigenvalue weighted by atomic mass is 127. The number of nitrogens with one attached hydrogen (secondary N) is 2. The molecule has 0 saturated heterocycles. The minimum atomic E-state index is -0.241. The summed E-state index contributed by atoms with van der Waals surface area (Å²) in [5.74, 6) is 0.497. The van der Waals surface area contributed by atoms with Crippen molar-refractivity contribution in [1.82, 2.24) is 10.6 Å². The number of amides is 1. The van der Waals surface area contributed by atoms with Gasteiger partial charge in [0.25, 0.3) is 5.91 Å². The summed E-state index contributed by atoms with van der Waals surface area (Å²) >= 11 is 7.17. The van der Waals surface area contributed by atoms with Gasteiger partial charge in [0, 0.05) is 25.8 Å². The summed E-state index contributed by atoms with van der Waals surface area (Å²) in [6, 6.07) is 5.21. The zero-order chi connectivity index (χ0) is 15.0. The maximum Gasteiger partial charge on any atom is 0.257 e. The maximum atomic E-state index is 12.0. The Morgan fingerprint density at radius 1 is 1.40 bits per heavy atom. The molecular formula is C13H17IN2O3S. The Balaban J connectivity index is 2.49. The van der Waals surface area contributed by atoms with Crippen LogP contribution in [-0.4, -0.2) is 38.4 Å². The van der Waals surface area contributed by atoms with Gasteiger partial charge in [-0.3, -0.25) is 10.1 Å². The number of carbonyl (C=O) groups is 1. The van der Waals surface area contributed by atoms with E-state index >= 15 is 0 Å². The fraction of sp³-hybridized carbons (Fsp3) is 0.385. The van der Waals surface area contributed by atoms with Gasteiger partial charge in [0.1, 0.15) is 5.75 Å². The van der Waals surface area contributed by atoms with Crippen LogP contribution in [0.4, 0.5) is 0 Å². The molecule has 0 aliphatic heterocycles. The molecule has 0 aliphatic carbocycles. The maximum absolute atomic E-state index is 12.0. The molecule has 20 heavy (non-hydrogen) atoms. The van der Waals surface area contributed by atoms with Gasteiger partial charge in [0.05, 0.1) is 10.7 Å². The Morgan fingerprint density at radius 2 is 2.15 bits per heavy atom. The van der Waals surface area contributed by atoms with E-state index < -0.39 is 0 Å². The van der Waals surface area contributed by atoms with Gasteiger partial charge < -0.3 is 14.8 Å². The fourth-order valence-corrected chi connectivity index (χ4v) is 2.38. The number of halogens is 1. The summed E-state index contributed by atoms with van der Waals surface area (Å²) in [7, 11) is 3.24. The van der Waals surface area contributed by atoms with Gasteiger partial charge in [-0.2, -0.15) is 0 Å². The predicted molar refractivity (Wildman–Crippen MR) is 90.3 cm³/mol. The van der Waals surface area contributed by atoms with Crippen molar-refractivity contribution in [1.29, 1.82) is 0 Å². The quantitative estimate of drug-likeness (QED) is 0.428. The topological polar surface area (TPSA) is 59.6 Å². The predicted octanol–water partition coefficient (Wildman–Crippen LogP) is 1.94. The Morgan fingerprint density at radius 3 is 2.75 bits per heavy atom. The average Bonchev–Trinajstić information content (AvgIpc) is 2.43. The first-order valence-electron chi connectivity index (χ1n) is 6.00. The third-order valence-electron chi connectivity index (χ3n) is 2.45. The van der Waals surface area contributed by atoms with Crippen molar-refractivity contribution in [2.24, 2.45) is 0 Å². The third kappa shape index (κ3) is 5.59. The van der Waals surface area contributed by atoms with Crippen LogP contribution < -0.4 is 15.4 Å². The van der Waals surface area contributed by atoms with Crippen LogP contribution >= 0.6 is 34.8 Å². The van der Waals surface area contributed by atoms with Gasteiger partial charge in [0.15, 0.2) is 5.11 Å². The van der Waals surface area contributed by atoms with Gasteiger partial charge in [-0.05, 0) is 59.4 Å². The average molecular weight is 408 g/mol. The van der Waals surface area contributed by atoms with Crippen molar-refractivity contribution < 1.29 is 14.3 Å². The van der Waals surface area contributed by atoms with Crippen LogP contribution in [0.2, 0.25) is 0 Å². The Kier molecular flexibility index (Phi) is 7.78. The Labute approximate surface area is 137 Å². The number of hydrogen-bond acceptors (Lipinski definition) is 4. The molecule has 0 unspecified atom stereocenters. The summed E-state index contributed by atoms with van der Waals surface area (Å²) in [6.07, 6.45) is 0.826. The van der Waals surface area contributed by atoms with Gasteiger partial charge in [-0.1, -0.05) is 0 Å². The molecule has 0 bridgehead atoms. The second-order valence-corrected chi connectivity index (χ2v) is 5.48. The van der Waals surface area contributed by atoms with Crippen molar-refractivity contribution in [3.05, 3.63) is 27.3 Å². The molecule has 1 aromatic rings. The number of thiocarbonyl (C=S) groups is 1. The molecule has 110 valence electrons. The van der Waals surface area contributed by atoms with E-state index in [1.54, 1.807) is 32.4 Å². The number of rotatable bonds is 6. The summed E-state index contributed by atoms with van der Waals surface area (Å²) in [4.78, 5) is 12.0. The molecule has 1 aromatic carbocycles. The molecule has 1 rings (SSSR count). The molecule has 0 atom stereocenters. The van der Waals surface area contributed by atoms with Crippen molar-refractivity contribution in [2.45, 2.75) is 6.42 Å². The smallest absolute Gasteiger partial charge is 0.257 e. The van der Waals surface area contributed by atoms with Gasteiger partial charge in [0.2, 0.25) is 0 Å². The molecule has 0 saturated carbocycles. The Bertz CT molecular complexity index is 483.